The molecule has 0 aliphatic heterocycles. The molecule has 4 aromatic carbocycles. The first-order valence-electron chi connectivity index (χ1n) is 10.3. The van der Waals surface area contributed by atoms with Gasteiger partial charge in [0.2, 0.25) is 0 Å². The molecule has 136 valence electrons. The van der Waals surface area contributed by atoms with Crippen LogP contribution in [-0.4, -0.2) is 0 Å². The van der Waals surface area contributed by atoms with Crippen molar-refractivity contribution in [1.29, 1.82) is 0 Å². The number of fused-ring (bicyclic) bond motifs is 2. The summed E-state index contributed by atoms with van der Waals surface area (Å²) in [6.45, 7) is 0. The third-order valence-corrected chi connectivity index (χ3v) is 5.86. The molecule has 1 fully saturated rings. The van der Waals surface area contributed by atoms with Gasteiger partial charge >= 0.3 is 0 Å². The quantitative estimate of drug-likeness (QED) is 0.339. The summed E-state index contributed by atoms with van der Waals surface area (Å²) < 4.78 is 0. The molecule has 1 saturated carbocycles. The van der Waals surface area contributed by atoms with Crippen molar-refractivity contribution in [2.45, 2.75) is 25.7 Å². The minimum Gasteiger partial charge on any atom is -0.0616 e. The summed E-state index contributed by atoms with van der Waals surface area (Å²) in [7, 11) is 0. The van der Waals surface area contributed by atoms with Crippen LogP contribution in [0.4, 0.5) is 0 Å². The molecular formula is C28H24. The minimum absolute atomic E-state index is 1.17. The zero-order valence-corrected chi connectivity index (χ0v) is 16.1. The van der Waals surface area contributed by atoms with Crippen LogP contribution in [0, 0.1) is 0 Å². The van der Waals surface area contributed by atoms with Gasteiger partial charge < -0.3 is 0 Å². The van der Waals surface area contributed by atoms with Gasteiger partial charge in [-0.05, 0) is 69.5 Å². The Bertz CT molecular complexity index is 1100. The van der Waals surface area contributed by atoms with Crippen molar-refractivity contribution in [3.8, 4) is 0 Å². The van der Waals surface area contributed by atoms with Crippen molar-refractivity contribution in [2.24, 2.45) is 0 Å². The Labute approximate surface area is 166 Å². The zero-order valence-electron chi connectivity index (χ0n) is 16.1. The minimum atomic E-state index is 1.17. The molecule has 0 saturated heterocycles. The average Bonchev–Trinajstić information content (AvgIpc) is 2.76. The fourth-order valence-electron chi connectivity index (χ4n) is 4.41. The average molecular weight is 361 g/mol. The summed E-state index contributed by atoms with van der Waals surface area (Å²) in [5, 5.41) is 5.31. The van der Waals surface area contributed by atoms with Crippen molar-refractivity contribution in [3.63, 3.8) is 0 Å². The highest BCUT2D eigenvalue weighted by Crippen LogP contribution is 2.34. The third-order valence-electron chi connectivity index (χ3n) is 5.86. The Balaban J connectivity index is 1.62. The maximum Gasteiger partial charge on any atom is -0.0111 e. The largest absolute Gasteiger partial charge is 0.0616 e. The van der Waals surface area contributed by atoms with E-state index in [0.717, 1.165) is 0 Å². The highest BCUT2D eigenvalue weighted by atomic mass is 14.2. The molecule has 5 rings (SSSR count). The number of benzene rings is 4. The lowest BCUT2D eigenvalue weighted by Gasteiger charge is -2.19. The molecule has 0 heteroatoms. The van der Waals surface area contributed by atoms with E-state index >= 15 is 0 Å². The second-order valence-electron chi connectivity index (χ2n) is 7.68. The molecule has 0 spiro atoms. The summed E-state index contributed by atoms with van der Waals surface area (Å²) >= 11 is 0. The third kappa shape index (κ3) is 3.27. The highest BCUT2D eigenvalue weighted by Gasteiger charge is 2.13. The van der Waals surface area contributed by atoms with E-state index in [1.807, 2.05) is 0 Å². The molecule has 0 aromatic heterocycles. The molecule has 0 amide bonds. The van der Waals surface area contributed by atoms with Crippen LogP contribution < -0.4 is 0 Å². The van der Waals surface area contributed by atoms with E-state index < -0.39 is 0 Å². The highest BCUT2D eigenvalue weighted by molar-refractivity contribution is 5.93. The smallest absolute Gasteiger partial charge is 0.0111 e. The molecule has 0 heterocycles. The monoisotopic (exact) mass is 360 g/mol. The van der Waals surface area contributed by atoms with Crippen LogP contribution in [0.25, 0.3) is 33.7 Å². The van der Waals surface area contributed by atoms with E-state index in [2.05, 4.69) is 97.1 Å². The van der Waals surface area contributed by atoms with Gasteiger partial charge in [-0.25, -0.2) is 0 Å². The van der Waals surface area contributed by atoms with Crippen LogP contribution in [0.3, 0.4) is 0 Å². The molecule has 0 bridgehead atoms. The summed E-state index contributed by atoms with van der Waals surface area (Å²) in [5.74, 6) is 0. The van der Waals surface area contributed by atoms with Crippen molar-refractivity contribution < 1.29 is 0 Å². The SMILES string of the molecule is C(=C1CCCCC1=Cc1cccc2ccccc12)c1cccc2ccccc12. The number of allylic oxidation sites excluding steroid dienone is 2. The van der Waals surface area contributed by atoms with Gasteiger partial charge in [0.1, 0.15) is 0 Å². The standard InChI is InChI=1S/C28H24/c1-2-12-24(20-26-16-8-14-22-10-4-6-18-28(22)26)23(11-1)19-25-15-7-13-21-9-3-5-17-27(21)25/h3-10,13-20H,1-2,11-12H2. The van der Waals surface area contributed by atoms with Crippen LogP contribution in [0.5, 0.6) is 0 Å². The van der Waals surface area contributed by atoms with E-state index in [1.165, 1.54) is 69.5 Å². The first kappa shape index (κ1) is 17.0. The Morgan fingerprint density at radius 2 is 0.893 bits per heavy atom. The molecule has 1 aliphatic rings. The lowest BCUT2D eigenvalue weighted by atomic mass is 9.86. The van der Waals surface area contributed by atoms with Gasteiger partial charge in [-0.15, -0.1) is 0 Å². The van der Waals surface area contributed by atoms with E-state index in [9.17, 15) is 0 Å². The molecule has 28 heavy (non-hydrogen) atoms. The molecular weight excluding hydrogens is 336 g/mol. The second-order valence-corrected chi connectivity index (χ2v) is 7.68. The molecule has 4 aromatic rings. The van der Waals surface area contributed by atoms with Crippen LogP contribution in [-0.2, 0) is 0 Å². The predicted molar refractivity (Wildman–Crippen MR) is 122 cm³/mol. The topological polar surface area (TPSA) is 0 Å². The number of hydrogen-bond acceptors (Lipinski definition) is 0. The van der Waals surface area contributed by atoms with Crippen molar-refractivity contribution >= 4 is 33.7 Å². The summed E-state index contributed by atoms with van der Waals surface area (Å²) in [6.07, 6.45) is 9.75. The maximum atomic E-state index is 2.43. The summed E-state index contributed by atoms with van der Waals surface area (Å²) in [4.78, 5) is 0. The first-order valence-corrected chi connectivity index (χ1v) is 10.3. The normalized spacial score (nSPS) is 17.6. The van der Waals surface area contributed by atoms with Crippen LogP contribution >= 0.6 is 0 Å². The molecule has 1 aliphatic carbocycles. The van der Waals surface area contributed by atoms with E-state index in [0.29, 0.717) is 0 Å². The van der Waals surface area contributed by atoms with Gasteiger partial charge in [-0.3, -0.25) is 0 Å². The van der Waals surface area contributed by atoms with Gasteiger partial charge in [0.25, 0.3) is 0 Å². The predicted octanol–water partition coefficient (Wildman–Crippen LogP) is 8.03. The molecule has 0 N–H and O–H groups in total. The van der Waals surface area contributed by atoms with Gasteiger partial charge in [0.05, 0.1) is 0 Å². The molecule has 0 nitrogen and oxygen atoms in total. The lowest BCUT2D eigenvalue weighted by molar-refractivity contribution is 0.685. The van der Waals surface area contributed by atoms with Crippen LogP contribution in [0.2, 0.25) is 0 Å². The van der Waals surface area contributed by atoms with Gasteiger partial charge in [-0.1, -0.05) is 97.1 Å². The second kappa shape index (κ2) is 7.48. The van der Waals surface area contributed by atoms with Crippen molar-refractivity contribution in [3.05, 3.63) is 107 Å². The maximum absolute atomic E-state index is 2.43. The Morgan fingerprint density at radius 1 is 0.464 bits per heavy atom. The molecule has 0 atom stereocenters. The fourth-order valence-corrected chi connectivity index (χ4v) is 4.41. The summed E-state index contributed by atoms with van der Waals surface area (Å²) in [5.41, 5.74) is 5.66. The van der Waals surface area contributed by atoms with Gasteiger partial charge in [0.15, 0.2) is 0 Å². The van der Waals surface area contributed by atoms with Gasteiger partial charge in [-0.2, -0.15) is 0 Å². The Hall–Kier alpha value is -3.12. The van der Waals surface area contributed by atoms with Crippen LogP contribution in [0.15, 0.2) is 96.1 Å². The first-order chi connectivity index (χ1) is 13.9. The van der Waals surface area contributed by atoms with Crippen molar-refractivity contribution in [1.82, 2.24) is 0 Å². The summed E-state index contributed by atoms with van der Waals surface area (Å²) in [6, 6.07) is 30.6. The van der Waals surface area contributed by atoms with Crippen molar-refractivity contribution in [2.75, 3.05) is 0 Å². The Kier molecular flexibility index (Phi) is 4.54. The van der Waals surface area contributed by atoms with Crippen LogP contribution in [0.1, 0.15) is 36.8 Å². The van der Waals surface area contributed by atoms with E-state index in [1.54, 1.807) is 0 Å². The van der Waals surface area contributed by atoms with E-state index in [-0.39, 0.29) is 0 Å². The molecule has 0 radical (unpaired) electrons. The zero-order chi connectivity index (χ0) is 18.8. The lowest BCUT2D eigenvalue weighted by Crippen LogP contribution is -1.99. The van der Waals surface area contributed by atoms with Gasteiger partial charge in [0, 0.05) is 0 Å². The molecule has 0 unspecified atom stereocenters. The number of rotatable bonds is 2. The number of hydrogen-bond donors (Lipinski definition) is 0. The fraction of sp³-hybridized carbons (Fsp3) is 0.143. The Morgan fingerprint density at radius 3 is 1.39 bits per heavy atom. The van der Waals surface area contributed by atoms with E-state index in [4.69, 9.17) is 0 Å².